The molecule has 2 rings (SSSR count). The zero-order chi connectivity index (χ0) is 19.5. The quantitative estimate of drug-likeness (QED) is 0.600. The lowest BCUT2D eigenvalue weighted by Gasteiger charge is -2.17. The van der Waals surface area contributed by atoms with Crippen molar-refractivity contribution in [2.45, 2.75) is 12.5 Å². The van der Waals surface area contributed by atoms with E-state index in [9.17, 15) is 9.59 Å². The number of nitrogens with two attached hydrogens (primary N) is 1. The van der Waals surface area contributed by atoms with Crippen molar-refractivity contribution < 1.29 is 29.1 Å². The van der Waals surface area contributed by atoms with Crippen LogP contribution in [0.5, 0.6) is 5.75 Å². The molecule has 0 saturated heterocycles. The predicted octanol–water partition coefficient (Wildman–Crippen LogP) is 3.16. The Morgan fingerprint density at radius 2 is 1.88 bits per heavy atom. The molecule has 0 unspecified atom stereocenters. The van der Waals surface area contributed by atoms with Crippen molar-refractivity contribution in [3.8, 4) is 5.75 Å². The highest BCUT2D eigenvalue weighted by molar-refractivity contribution is 6.34. The highest BCUT2D eigenvalue weighted by atomic mass is 35.5. The first-order chi connectivity index (χ1) is 12.3. The van der Waals surface area contributed by atoms with Gasteiger partial charge in [0.05, 0.1) is 5.02 Å². The van der Waals surface area contributed by atoms with Crippen LogP contribution in [-0.2, 0) is 9.59 Å². The van der Waals surface area contributed by atoms with Crippen molar-refractivity contribution in [1.29, 1.82) is 0 Å². The average Bonchev–Trinajstić information content (AvgIpc) is 3.11. The topological polar surface area (TPSA) is 136 Å². The van der Waals surface area contributed by atoms with Gasteiger partial charge in [-0.1, -0.05) is 28.4 Å². The van der Waals surface area contributed by atoms with Gasteiger partial charge in [0, 0.05) is 35.7 Å². The molecule has 140 valence electrons. The van der Waals surface area contributed by atoms with Crippen LogP contribution >= 0.6 is 23.2 Å². The molecule has 8 nitrogen and oxygen atoms in total. The fraction of sp³-hybridized carbons (Fsp3) is 0.188. The molecular weight excluding hydrogens is 387 g/mol. The van der Waals surface area contributed by atoms with Crippen molar-refractivity contribution in [3.05, 3.63) is 58.4 Å². The van der Waals surface area contributed by atoms with E-state index >= 15 is 0 Å². The summed E-state index contributed by atoms with van der Waals surface area (Å²) < 4.78 is 10.6. The minimum atomic E-state index is -1.26. The molecule has 26 heavy (non-hydrogen) atoms. The summed E-state index contributed by atoms with van der Waals surface area (Å²) in [6.07, 6.45) is 2.91. The predicted molar refractivity (Wildman–Crippen MR) is 94.4 cm³/mol. The molecule has 4 N–H and O–H groups in total. The Labute approximate surface area is 158 Å². The summed E-state index contributed by atoms with van der Waals surface area (Å²) in [4.78, 5) is 19.1. The number of carboxylic acid groups (broad SMARTS) is 2. The van der Waals surface area contributed by atoms with E-state index < -0.39 is 11.9 Å². The number of benzene rings is 1. The van der Waals surface area contributed by atoms with Crippen LogP contribution in [0.15, 0.2) is 47.2 Å². The zero-order valence-electron chi connectivity index (χ0n) is 13.3. The van der Waals surface area contributed by atoms with Crippen LogP contribution in [0.3, 0.4) is 0 Å². The van der Waals surface area contributed by atoms with Crippen LogP contribution in [0, 0.1) is 0 Å². The lowest BCUT2D eigenvalue weighted by molar-refractivity contribution is -0.134. The molecule has 2 aromatic rings. The highest BCUT2D eigenvalue weighted by Gasteiger charge is 2.17. The Kier molecular flexibility index (Phi) is 9.21. The molecule has 0 fully saturated rings. The van der Waals surface area contributed by atoms with E-state index in [-0.39, 0.29) is 6.10 Å². The van der Waals surface area contributed by atoms with Gasteiger partial charge < -0.3 is 25.2 Å². The summed E-state index contributed by atoms with van der Waals surface area (Å²) in [6, 6.07) is 6.78. The van der Waals surface area contributed by atoms with Gasteiger partial charge in [0.1, 0.15) is 23.8 Å². The van der Waals surface area contributed by atoms with Crippen LogP contribution < -0.4 is 10.5 Å². The maximum atomic E-state index is 9.55. The van der Waals surface area contributed by atoms with E-state index in [1.54, 1.807) is 24.3 Å². The molecule has 0 aliphatic heterocycles. The summed E-state index contributed by atoms with van der Waals surface area (Å²) >= 11 is 11.9. The average molecular weight is 403 g/mol. The van der Waals surface area contributed by atoms with Gasteiger partial charge >= 0.3 is 11.9 Å². The number of nitrogens with zero attached hydrogens (tertiary/aromatic N) is 1. The molecule has 0 aliphatic carbocycles. The molecule has 0 bridgehead atoms. The van der Waals surface area contributed by atoms with Gasteiger partial charge in [0.25, 0.3) is 0 Å². The van der Waals surface area contributed by atoms with Gasteiger partial charge in [-0.3, -0.25) is 0 Å². The fourth-order valence-corrected chi connectivity index (χ4v) is 1.99. The third kappa shape index (κ3) is 8.02. The maximum Gasteiger partial charge on any atom is 0.328 e. The number of carbonyl (C=O) groups is 2. The molecule has 1 atom stereocenters. The van der Waals surface area contributed by atoms with E-state index in [1.807, 2.05) is 0 Å². The van der Waals surface area contributed by atoms with Gasteiger partial charge in [-0.15, -0.1) is 0 Å². The second kappa shape index (κ2) is 11.1. The Balaban J connectivity index is 0.000000359. The van der Waals surface area contributed by atoms with Crippen LogP contribution in [0.4, 0.5) is 0 Å². The second-order valence-electron chi connectivity index (χ2n) is 4.69. The lowest BCUT2D eigenvalue weighted by Crippen LogP contribution is -2.13. The number of halogens is 2. The number of ether oxygens (including phenoxy) is 1. The first kappa shape index (κ1) is 21.5. The molecule has 10 heteroatoms. The summed E-state index contributed by atoms with van der Waals surface area (Å²) in [5, 5.41) is 20.5. The lowest BCUT2D eigenvalue weighted by atomic mass is 10.2. The molecule has 0 saturated carbocycles. The standard InChI is InChI=1S/C12H12Cl2N2O2.C4H4O4/c13-8-1-2-9(14)12(7-8)18-11(3-5-15)10-4-6-17-16-10;5-3(6)1-2-4(7)8/h1-2,4,6-7,11H,3,5,15H2;1-2H,(H,5,6)(H,7,8)/b;2-1+/t11-;/m1./s1. The number of hydrogen-bond donors (Lipinski definition) is 3. The zero-order valence-corrected chi connectivity index (χ0v) is 14.9. The number of aliphatic carboxylic acids is 2. The third-order valence-corrected chi connectivity index (χ3v) is 3.29. The Hall–Kier alpha value is -2.55. The van der Waals surface area contributed by atoms with E-state index in [0.29, 0.717) is 46.6 Å². The van der Waals surface area contributed by atoms with E-state index in [1.165, 1.54) is 6.26 Å². The highest BCUT2D eigenvalue weighted by Crippen LogP contribution is 2.32. The fourth-order valence-electron chi connectivity index (χ4n) is 1.67. The van der Waals surface area contributed by atoms with Crippen molar-refractivity contribution in [2.75, 3.05) is 6.54 Å². The van der Waals surface area contributed by atoms with Crippen molar-refractivity contribution >= 4 is 35.1 Å². The first-order valence-corrected chi connectivity index (χ1v) is 7.95. The molecule has 0 amide bonds. The van der Waals surface area contributed by atoms with E-state index in [4.69, 9.17) is 48.4 Å². The molecule has 1 aromatic heterocycles. The number of carboxylic acids is 2. The van der Waals surface area contributed by atoms with Gasteiger partial charge in [-0.25, -0.2) is 9.59 Å². The van der Waals surface area contributed by atoms with Gasteiger partial charge in [0.15, 0.2) is 0 Å². The number of aromatic nitrogens is 1. The number of rotatable bonds is 7. The summed E-state index contributed by atoms with van der Waals surface area (Å²) in [5.41, 5.74) is 6.24. The molecule has 0 spiro atoms. The van der Waals surface area contributed by atoms with E-state index in [0.717, 1.165) is 0 Å². The second-order valence-corrected chi connectivity index (χ2v) is 5.54. The van der Waals surface area contributed by atoms with Crippen molar-refractivity contribution in [3.63, 3.8) is 0 Å². The minimum absolute atomic E-state index is 0.301. The molecule has 0 aliphatic rings. The monoisotopic (exact) mass is 402 g/mol. The molecule has 1 aromatic carbocycles. The number of hydrogen-bond acceptors (Lipinski definition) is 6. The Morgan fingerprint density at radius 1 is 1.23 bits per heavy atom. The summed E-state index contributed by atoms with van der Waals surface area (Å²) in [7, 11) is 0. The van der Waals surface area contributed by atoms with Gasteiger partial charge in [0.2, 0.25) is 0 Å². The Morgan fingerprint density at radius 3 is 2.38 bits per heavy atom. The van der Waals surface area contributed by atoms with E-state index in [2.05, 4.69) is 5.16 Å². The normalized spacial score (nSPS) is 11.5. The first-order valence-electron chi connectivity index (χ1n) is 7.19. The van der Waals surface area contributed by atoms with Crippen molar-refractivity contribution in [2.24, 2.45) is 5.73 Å². The molecule has 0 radical (unpaired) electrons. The summed E-state index contributed by atoms with van der Waals surface area (Å²) in [5.74, 6) is -2.01. The summed E-state index contributed by atoms with van der Waals surface area (Å²) in [6.45, 7) is 0.468. The van der Waals surface area contributed by atoms with Crippen LogP contribution in [-0.4, -0.2) is 33.9 Å². The minimum Gasteiger partial charge on any atom is -0.482 e. The molecule has 1 heterocycles. The van der Waals surface area contributed by atoms with Crippen LogP contribution in [0.2, 0.25) is 10.0 Å². The van der Waals surface area contributed by atoms with Crippen LogP contribution in [0.25, 0.3) is 0 Å². The van der Waals surface area contributed by atoms with Gasteiger partial charge in [-0.2, -0.15) is 0 Å². The van der Waals surface area contributed by atoms with Gasteiger partial charge in [-0.05, 0) is 18.7 Å². The van der Waals surface area contributed by atoms with Crippen molar-refractivity contribution in [1.82, 2.24) is 5.16 Å². The molecular formula is C16H16Cl2N2O6. The SMILES string of the molecule is NCC[C@@H](Oc1cc(Cl)ccc1Cl)c1ccon1.O=C(O)/C=C/C(=O)O. The maximum absolute atomic E-state index is 9.55. The largest absolute Gasteiger partial charge is 0.482 e. The van der Waals surface area contributed by atoms with Crippen LogP contribution in [0.1, 0.15) is 18.2 Å². The Bertz CT molecular complexity index is 733. The third-order valence-electron chi connectivity index (χ3n) is 2.75. The smallest absolute Gasteiger partial charge is 0.328 e.